The lowest BCUT2D eigenvalue weighted by molar-refractivity contribution is -0.129. The highest BCUT2D eigenvalue weighted by Gasteiger charge is 2.17. The van der Waals surface area contributed by atoms with Crippen molar-refractivity contribution in [3.05, 3.63) is 72.8 Å². The van der Waals surface area contributed by atoms with Crippen LogP contribution in [0.1, 0.15) is 5.56 Å². The summed E-state index contributed by atoms with van der Waals surface area (Å²) >= 11 is 0. The van der Waals surface area contributed by atoms with Crippen LogP contribution in [0.2, 0.25) is 0 Å². The van der Waals surface area contributed by atoms with E-state index in [0.29, 0.717) is 19.7 Å². The van der Waals surface area contributed by atoms with Crippen molar-refractivity contribution >= 4 is 5.91 Å². The summed E-state index contributed by atoms with van der Waals surface area (Å²) in [5.41, 5.74) is 3.34. The Hall–Kier alpha value is -2.43. The third-order valence-corrected chi connectivity index (χ3v) is 4.00. The highest BCUT2D eigenvalue weighted by molar-refractivity contribution is 5.87. The van der Waals surface area contributed by atoms with E-state index in [2.05, 4.69) is 30.8 Å². The van der Waals surface area contributed by atoms with E-state index in [-0.39, 0.29) is 12.0 Å². The summed E-state index contributed by atoms with van der Waals surface area (Å²) in [6.45, 7) is 4.98. The Morgan fingerprint density at radius 1 is 1.12 bits per heavy atom. The Morgan fingerprint density at radius 3 is 2.48 bits per heavy atom. The van der Waals surface area contributed by atoms with E-state index in [1.165, 1.54) is 6.08 Å². The molecule has 0 radical (unpaired) electrons. The zero-order chi connectivity index (χ0) is 18.1. The SMILES string of the molecule is C=CC(=O)N(Cc1cccc(-c2ccccc2)c1)C[C@@H](COC)OC. The molecule has 4 heteroatoms. The lowest BCUT2D eigenvalue weighted by Crippen LogP contribution is -2.38. The van der Waals surface area contributed by atoms with Crippen molar-refractivity contribution in [3.8, 4) is 11.1 Å². The van der Waals surface area contributed by atoms with Gasteiger partial charge in [-0.25, -0.2) is 0 Å². The molecule has 4 nitrogen and oxygen atoms in total. The predicted molar refractivity (Wildman–Crippen MR) is 100 cm³/mol. The second-order valence-corrected chi connectivity index (χ2v) is 5.80. The van der Waals surface area contributed by atoms with Crippen molar-refractivity contribution < 1.29 is 14.3 Å². The van der Waals surface area contributed by atoms with E-state index in [9.17, 15) is 4.79 Å². The third-order valence-electron chi connectivity index (χ3n) is 4.00. The predicted octanol–water partition coefficient (Wildman–Crippen LogP) is 3.53. The lowest BCUT2D eigenvalue weighted by atomic mass is 10.0. The summed E-state index contributed by atoms with van der Waals surface area (Å²) in [6.07, 6.45) is 1.16. The van der Waals surface area contributed by atoms with Crippen LogP contribution in [0.25, 0.3) is 11.1 Å². The maximum Gasteiger partial charge on any atom is 0.246 e. The molecule has 1 atom stereocenters. The Kier molecular flexibility index (Phi) is 7.38. The van der Waals surface area contributed by atoms with Gasteiger partial charge < -0.3 is 14.4 Å². The molecule has 1 amide bonds. The molecule has 0 heterocycles. The van der Waals surface area contributed by atoms with Crippen LogP contribution in [0.3, 0.4) is 0 Å². The van der Waals surface area contributed by atoms with Gasteiger partial charge in [0.25, 0.3) is 0 Å². The largest absolute Gasteiger partial charge is 0.382 e. The number of amides is 1. The van der Waals surface area contributed by atoms with Gasteiger partial charge in [-0.05, 0) is 28.8 Å². The van der Waals surface area contributed by atoms with Gasteiger partial charge in [-0.3, -0.25) is 4.79 Å². The van der Waals surface area contributed by atoms with E-state index in [0.717, 1.165) is 16.7 Å². The van der Waals surface area contributed by atoms with Gasteiger partial charge in [0, 0.05) is 27.3 Å². The minimum absolute atomic E-state index is 0.122. The van der Waals surface area contributed by atoms with Crippen LogP contribution >= 0.6 is 0 Å². The molecule has 0 aliphatic heterocycles. The molecule has 0 bridgehead atoms. The van der Waals surface area contributed by atoms with Crippen molar-refractivity contribution in [2.24, 2.45) is 0 Å². The fraction of sp³-hybridized carbons (Fsp3) is 0.286. The maximum absolute atomic E-state index is 12.2. The van der Waals surface area contributed by atoms with E-state index in [1.54, 1.807) is 19.1 Å². The average Bonchev–Trinajstić information content (AvgIpc) is 2.67. The molecule has 0 fully saturated rings. The number of carbonyl (C=O) groups is 1. The van der Waals surface area contributed by atoms with Gasteiger partial charge >= 0.3 is 0 Å². The molecule has 0 saturated heterocycles. The fourth-order valence-corrected chi connectivity index (χ4v) is 2.69. The molecule has 25 heavy (non-hydrogen) atoms. The molecular formula is C21H25NO3. The van der Waals surface area contributed by atoms with Crippen molar-refractivity contribution in [3.63, 3.8) is 0 Å². The summed E-state index contributed by atoms with van der Waals surface area (Å²) in [7, 11) is 3.24. The molecule has 0 aliphatic rings. The molecular weight excluding hydrogens is 314 g/mol. The highest BCUT2D eigenvalue weighted by atomic mass is 16.5. The molecule has 0 saturated carbocycles. The second-order valence-electron chi connectivity index (χ2n) is 5.80. The second kappa shape index (κ2) is 9.77. The van der Waals surface area contributed by atoms with Crippen molar-refractivity contribution in [1.29, 1.82) is 0 Å². The number of ether oxygens (including phenoxy) is 2. The van der Waals surface area contributed by atoms with Gasteiger partial charge in [0.15, 0.2) is 0 Å². The minimum Gasteiger partial charge on any atom is -0.382 e. The molecule has 0 unspecified atom stereocenters. The quantitative estimate of drug-likeness (QED) is 0.656. The van der Waals surface area contributed by atoms with Gasteiger partial charge in [0.05, 0.1) is 12.7 Å². The molecule has 0 aliphatic carbocycles. The molecule has 132 valence electrons. The highest BCUT2D eigenvalue weighted by Crippen LogP contribution is 2.21. The van der Waals surface area contributed by atoms with Crippen LogP contribution in [0.15, 0.2) is 67.3 Å². The summed E-state index contributed by atoms with van der Waals surface area (Å²) in [5.74, 6) is -0.122. The number of hydrogen-bond donors (Lipinski definition) is 0. The van der Waals surface area contributed by atoms with Crippen LogP contribution in [0.4, 0.5) is 0 Å². The monoisotopic (exact) mass is 339 g/mol. The molecule has 2 aromatic rings. The van der Waals surface area contributed by atoms with Gasteiger partial charge in [-0.15, -0.1) is 0 Å². The smallest absolute Gasteiger partial charge is 0.246 e. The number of benzene rings is 2. The first-order valence-corrected chi connectivity index (χ1v) is 8.25. The lowest BCUT2D eigenvalue weighted by Gasteiger charge is -2.26. The average molecular weight is 339 g/mol. The Morgan fingerprint density at radius 2 is 1.84 bits per heavy atom. The van der Waals surface area contributed by atoms with E-state index < -0.39 is 0 Å². The van der Waals surface area contributed by atoms with Crippen molar-refractivity contribution in [2.75, 3.05) is 27.4 Å². The number of nitrogens with zero attached hydrogens (tertiary/aromatic N) is 1. The topological polar surface area (TPSA) is 38.8 Å². The zero-order valence-corrected chi connectivity index (χ0v) is 14.9. The Labute approximate surface area is 149 Å². The summed E-state index contributed by atoms with van der Waals surface area (Å²) < 4.78 is 10.5. The van der Waals surface area contributed by atoms with Crippen LogP contribution in [-0.2, 0) is 20.8 Å². The van der Waals surface area contributed by atoms with Gasteiger partial charge in [-0.2, -0.15) is 0 Å². The number of methoxy groups -OCH3 is 2. The molecule has 0 N–H and O–H groups in total. The fourth-order valence-electron chi connectivity index (χ4n) is 2.69. The van der Waals surface area contributed by atoms with Crippen molar-refractivity contribution in [2.45, 2.75) is 12.6 Å². The standard InChI is InChI=1S/C21H25NO3/c1-4-21(23)22(15-20(25-3)16-24-2)14-17-9-8-12-19(13-17)18-10-6-5-7-11-18/h4-13,20H,1,14-16H2,2-3H3/t20-/m0/s1. The van der Waals surface area contributed by atoms with Crippen LogP contribution in [-0.4, -0.2) is 44.3 Å². The minimum atomic E-state index is -0.175. The van der Waals surface area contributed by atoms with Crippen LogP contribution < -0.4 is 0 Å². The molecule has 2 rings (SSSR count). The summed E-state index contributed by atoms with van der Waals surface area (Å²) in [5, 5.41) is 0. The molecule has 2 aromatic carbocycles. The number of carbonyl (C=O) groups excluding carboxylic acids is 1. The van der Waals surface area contributed by atoms with E-state index >= 15 is 0 Å². The molecule has 0 spiro atoms. The van der Waals surface area contributed by atoms with Crippen LogP contribution in [0, 0.1) is 0 Å². The van der Waals surface area contributed by atoms with E-state index in [4.69, 9.17) is 9.47 Å². The Bertz CT molecular complexity index is 685. The van der Waals surface area contributed by atoms with E-state index in [1.807, 2.05) is 30.3 Å². The van der Waals surface area contributed by atoms with Crippen molar-refractivity contribution in [1.82, 2.24) is 4.90 Å². The molecule has 0 aromatic heterocycles. The third kappa shape index (κ3) is 5.55. The first-order chi connectivity index (χ1) is 12.2. The van der Waals surface area contributed by atoms with Crippen LogP contribution in [0.5, 0.6) is 0 Å². The first kappa shape index (κ1) is 18.9. The zero-order valence-electron chi connectivity index (χ0n) is 14.9. The Balaban J connectivity index is 2.18. The van der Waals surface area contributed by atoms with Gasteiger partial charge in [0.1, 0.15) is 0 Å². The van der Waals surface area contributed by atoms with Gasteiger partial charge in [0.2, 0.25) is 5.91 Å². The summed E-state index contributed by atoms with van der Waals surface area (Å²) in [6, 6.07) is 18.4. The normalized spacial score (nSPS) is 11.8. The summed E-state index contributed by atoms with van der Waals surface area (Å²) in [4.78, 5) is 14.0. The number of rotatable bonds is 9. The maximum atomic E-state index is 12.2. The number of hydrogen-bond acceptors (Lipinski definition) is 3. The first-order valence-electron chi connectivity index (χ1n) is 8.25. The van der Waals surface area contributed by atoms with Gasteiger partial charge in [-0.1, -0.05) is 55.1 Å².